The first-order valence-electron chi connectivity index (χ1n) is 5.94. The molecule has 0 radical (unpaired) electrons. The zero-order valence-electron chi connectivity index (χ0n) is 11.3. The van der Waals surface area contributed by atoms with E-state index in [-0.39, 0.29) is 11.4 Å². The summed E-state index contributed by atoms with van der Waals surface area (Å²) in [5.74, 6) is -2.64. The summed E-state index contributed by atoms with van der Waals surface area (Å²) in [6, 6.07) is 2.20. The lowest BCUT2D eigenvalue weighted by atomic mass is 10.0. The number of carbonyl (C=O) groups excluding carboxylic acids is 1. The summed E-state index contributed by atoms with van der Waals surface area (Å²) >= 11 is 0. The van der Waals surface area contributed by atoms with Crippen molar-refractivity contribution in [2.75, 3.05) is 11.9 Å². The summed E-state index contributed by atoms with van der Waals surface area (Å²) in [6.07, 6.45) is -3.90. The van der Waals surface area contributed by atoms with Gasteiger partial charge in [-0.1, -0.05) is 0 Å². The molecule has 21 heavy (non-hydrogen) atoms. The first kappa shape index (κ1) is 16.7. The Morgan fingerprint density at radius 3 is 2.48 bits per heavy atom. The average Bonchev–Trinajstić information content (AvgIpc) is 2.37. The molecule has 1 aromatic rings. The number of carboxylic acids is 1. The van der Waals surface area contributed by atoms with Gasteiger partial charge in [0.1, 0.15) is 5.69 Å². The number of alkyl halides is 3. The molecule has 0 aliphatic rings. The Bertz CT molecular complexity index is 548. The SMILES string of the molecule is CCNC(=O)c1cc(NC(C)(C(=O)O)C(F)(F)F)ccn1. The van der Waals surface area contributed by atoms with Crippen LogP contribution in [-0.2, 0) is 4.79 Å². The molecule has 1 amide bonds. The Kier molecular flexibility index (Phi) is 4.77. The third-order valence-corrected chi connectivity index (χ3v) is 2.72. The molecule has 1 aromatic heterocycles. The third kappa shape index (κ3) is 3.61. The highest BCUT2D eigenvalue weighted by Gasteiger charge is 2.57. The topological polar surface area (TPSA) is 91.3 Å². The number of halogens is 3. The quantitative estimate of drug-likeness (QED) is 0.769. The summed E-state index contributed by atoms with van der Waals surface area (Å²) in [5.41, 5.74) is -3.46. The first-order valence-corrected chi connectivity index (χ1v) is 5.94. The number of hydrogen-bond donors (Lipinski definition) is 3. The number of aliphatic carboxylic acids is 1. The van der Waals surface area contributed by atoms with Crippen molar-refractivity contribution in [3.05, 3.63) is 24.0 Å². The standard InChI is InChI=1S/C12H14F3N3O3/c1-3-16-9(19)8-6-7(4-5-17-8)18-11(2,10(20)21)12(13,14)15/h4-6H,3H2,1-2H3,(H,16,19)(H,17,18)(H,20,21). The van der Waals surface area contributed by atoms with Crippen molar-refractivity contribution in [1.82, 2.24) is 10.3 Å². The number of anilines is 1. The fourth-order valence-electron chi connectivity index (χ4n) is 1.42. The molecule has 0 saturated carbocycles. The fraction of sp³-hybridized carbons (Fsp3) is 0.417. The van der Waals surface area contributed by atoms with Crippen molar-refractivity contribution in [1.29, 1.82) is 0 Å². The number of pyridine rings is 1. The van der Waals surface area contributed by atoms with Crippen LogP contribution in [0.25, 0.3) is 0 Å². The number of amides is 1. The van der Waals surface area contributed by atoms with Crippen LogP contribution >= 0.6 is 0 Å². The van der Waals surface area contributed by atoms with Gasteiger partial charge in [0.15, 0.2) is 0 Å². The number of carbonyl (C=O) groups is 2. The maximum atomic E-state index is 12.9. The van der Waals surface area contributed by atoms with Crippen LogP contribution in [-0.4, -0.2) is 40.2 Å². The zero-order valence-corrected chi connectivity index (χ0v) is 11.3. The van der Waals surface area contributed by atoms with E-state index in [1.54, 1.807) is 6.92 Å². The number of nitrogens with one attached hydrogen (secondary N) is 2. The smallest absolute Gasteiger partial charge is 0.422 e. The van der Waals surface area contributed by atoms with Crippen molar-refractivity contribution in [2.24, 2.45) is 0 Å². The van der Waals surface area contributed by atoms with Gasteiger partial charge in [-0.2, -0.15) is 13.2 Å². The molecular formula is C12H14F3N3O3. The largest absolute Gasteiger partial charge is 0.479 e. The van der Waals surface area contributed by atoms with Crippen molar-refractivity contribution in [3.63, 3.8) is 0 Å². The van der Waals surface area contributed by atoms with Gasteiger partial charge < -0.3 is 15.7 Å². The van der Waals surface area contributed by atoms with Crippen LogP contribution in [0.3, 0.4) is 0 Å². The van der Waals surface area contributed by atoms with Gasteiger partial charge in [0.2, 0.25) is 5.54 Å². The molecule has 0 bridgehead atoms. The molecule has 0 fully saturated rings. The Morgan fingerprint density at radius 1 is 1.38 bits per heavy atom. The molecule has 3 N–H and O–H groups in total. The van der Waals surface area contributed by atoms with Crippen molar-refractivity contribution >= 4 is 17.6 Å². The number of carboxylic acid groups (broad SMARTS) is 1. The predicted octanol–water partition coefficient (Wildman–Crippen LogP) is 1.65. The second-order valence-electron chi connectivity index (χ2n) is 4.34. The van der Waals surface area contributed by atoms with Gasteiger partial charge in [0, 0.05) is 18.4 Å². The second kappa shape index (κ2) is 5.98. The minimum Gasteiger partial charge on any atom is -0.479 e. The minimum absolute atomic E-state index is 0.114. The van der Waals surface area contributed by atoms with Gasteiger partial charge in [0.05, 0.1) is 0 Å². The Morgan fingerprint density at radius 2 is 2.00 bits per heavy atom. The molecule has 1 heterocycles. The van der Waals surface area contributed by atoms with E-state index in [2.05, 4.69) is 10.3 Å². The van der Waals surface area contributed by atoms with E-state index in [4.69, 9.17) is 5.11 Å². The highest BCUT2D eigenvalue weighted by Crippen LogP contribution is 2.33. The van der Waals surface area contributed by atoms with Crippen LogP contribution in [0.4, 0.5) is 18.9 Å². The summed E-state index contributed by atoms with van der Waals surface area (Å²) in [7, 11) is 0. The normalized spacial score (nSPS) is 14.1. The molecule has 1 unspecified atom stereocenters. The molecular weight excluding hydrogens is 291 g/mol. The molecule has 0 aliphatic heterocycles. The average molecular weight is 305 g/mol. The van der Waals surface area contributed by atoms with Crippen LogP contribution in [0, 0.1) is 0 Å². The summed E-state index contributed by atoms with van der Waals surface area (Å²) < 4.78 is 38.6. The van der Waals surface area contributed by atoms with Crippen LogP contribution in [0.2, 0.25) is 0 Å². The highest BCUT2D eigenvalue weighted by molar-refractivity contribution is 5.93. The number of hydrogen-bond acceptors (Lipinski definition) is 4. The van der Waals surface area contributed by atoms with E-state index in [1.165, 1.54) is 0 Å². The lowest BCUT2D eigenvalue weighted by molar-refractivity contribution is -0.192. The Balaban J connectivity index is 3.09. The molecule has 1 atom stereocenters. The van der Waals surface area contributed by atoms with Gasteiger partial charge >= 0.3 is 12.1 Å². The van der Waals surface area contributed by atoms with E-state index in [0.717, 1.165) is 18.3 Å². The molecule has 0 spiro atoms. The molecule has 0 saturated heterocycles. The van der Waals surface area contributed by atoms with Gasteiger partial charge in [-0.3, -0.25) is 9.78 Å². The predicted molar refractivity (Wildman–Crippen MR) is 68.0 cm³/mol. The molecule has 0 aliphatic carbocycles. The number of aromatic nitrogens is 1. The second-order valence-corrected chi connectivity index (χ2v) is 4.34. The van der Waals surface area contributed by atoms with Crippen LogP contribution in [0.5, 0.6) is 0 Å². The van der Waals surface area contributed by atoms with E-state index < -0.39 is 23.6 Å². The molecule has 6 nitrogen and oxygen atoms in total. The Labute approximate surface area is 118 Å². The number of rotatable bonds is 5. The van der Waals surface area contributed by atoms with Crippen molar-refractivity contribution < 1.29 is 27.9 Å². The maximum Gasteiger partial charge on any atom is 0.422 e. The lowest BCUT2D eigenvalue weighted by Crippen LogP contribution is -2.55. The van der Waals surface area contributed by atoms with Gasteiger partial charge in [0.25, 0.3) is 5.91 Å². The van der Waals surface area contributed by atoms with E-state index in [0.29, 0.717) is 13.5 Å². The van der Waals surface area contributed by atoms with E-state index in [1.807, 2.05) is 5.32 Å². The summed E-state index contributed by atoms with van der Waals surface area (Å²) in [6.45, 7) is 2.50. The van der Waals surface area contributed by atoms with Gasteiger partial charge in [-0.05, 0) is 26.0 Å². The molecule has 0 aromatic carbocycles. The van der Waals surface area contributed by atoms with Crippen LogP contribution in [0.1, 0.15) is 24.3 Å². The fourth-order valence-corrected chi connectivity index (χ4v) is 1.42. The van der Waals surface area contributed by atoms with E-state index >= 15 is 0 Å². The summed E-state index contributed by atoms with van der Waals surface area (Å²) in [4.78, 5) is 26.2. The van der Waals surface area contributed by atoms with Gasteiger partial charge in [-0.15, -0.1) is 0 Å². The highest BCUT2D eigenvalue weighted by atomic mass is 19.4. The first-order chi connectivity index (χ1) is 9.61. The maximum absolute atomic E-state index is 12.9. The zero-order chi connectivity index (χ0) is 16.3. The number of nitrogens with zero attached hydrogens (tertiary/aromatic N) is 1. The minimum atomic E-state index is -5.02. The third-order valence-electron chi connectivity index (χ3n) is 2.72. The Hall–Kier alpha value is -2.32. The summed E-state index contributed by atoms with van der Waals surface area (Å²) in [5, 5.41) is 13.1. The molecule has 1 rings (SSSR count). The molecule has 9 heteroatoms. The monoisotopic (exact) mass is 305 g/mol. The van der Waals surface area contributed by atoms with E-state index in [9.17, 15) is 22.8 Å². The molecule has 116 valence electrons. The van der Waals surface area contributed by atoms with Crippen molar-refractivity contribution in [3.8, 4) is 0 Å². The van der Waals surface area contributed by atoms with Crippen LogP contribution < -0.4 is 10.6 Å². The lowest BCUT2D eigenvalue weighted by Gasteiger charge is -2.29. The van der Waals surface area contributed by atoms with Crippen molar-refractivity contribution in [2.45, 2.75) is 25.6 Å². The van der Waals surface area contributed by atoms with Crippen LogP contribution in [0.15, 0.2) is 18.3 Å². The van der Waals surface area contributed by atoms with Gasteiger partial charge in [-0.25, -0.2) is 4.79 Å².